The second-order valence-electron chi connectivity index (χ2n) is 9.46. The molecule has 0 bridgehead atoms. The number of carbonyl (C=O) groups is 2. The maximum Gasteiger partial charge on any atom is 0.341 e. The van der Waals surface area contributed by atoms with E-state index < -0.39 is 0 Å². The van der Waals surface area contributed by atoms with Gasteiger partial charge in [0.15, 0.2) is 0 Å². The molecule has 1 aromatic heterocycles. The Hall–Kier alpha value is -2.14. The molecule has 0 spiro atoms. The van der Waals surface area contributed by atoms with Crippen LogP contribution in [0.5, 0.6) is 0 Å². The van der Waals surface area contributed by atoms with Crippen LogP contribution < -0.4 is 5.32 Å². The number of anilines is 1. The number of rotatable bonds is 5. The molecule has 3 rings (SSSR count). The normalized spacial score (nSPS) is 16.3. The fraction of sp³-hybridized carbons (Fsp3) is 0.520. The minimum atomic E-state index is -0.338. The fourth-order valence-corrected chi connectivity index (χ4v) is 5.34. The average Bonchev–Trinajstić information content (AvgIpc) is 3.04. The summed E-state index contributed by atoms with van der Waals surface area (Å²) in [4.78, 5) is 26.9. The highest BCUT2D eigenvalue weighted by Gasteiger charge is 2.34. The molecule has 0 radical (unpaired) electrons. The number of fused-ring (bicyclic) bond motifs is 1. The van der Waals surface area contributed by atoms with E-state index in [4.69, 9.17) is 4.74 Å². The number of amides is 1. The number of esters is 1. The molecule has 1 aliphatic rings. The Morgan fingerprint density at radius 3 is 2.43 bits per heavy atom. The van der Waals surface area contributed by atoms with Gasteiger partial charge in [-0.1, -0.05) is 46.8 Å². The van der Waals surface area contributed by atoms with Crippen molar-refractivity contribution in [2.75, 3.05) is 11.9 Å². The first-order chi connectivity index (χ1) is 14.1. The van der Waals surface area contributed by atoms with Crippen LogP contribution in [-0.2, 0) is 17.6 Å². The molecular weight excluding hydrogens is 394 g/mol. The third-order valence-electron chi connectivity index (χ3n) is 6.04. The van der Waals surface area contributed by atoms with Crippen molar-refractivity contribution >= 4 is 28.2 Å². The molecule has 0 aliphatic heterocycles. The number of hydrogen-bond donors (Lipinski definition) is 1. The summed E-state index contributed by atoms with van der Waals surface area (Å²) in [5, 5.41) is 3.62. The van der Waals surface area contributed by atoms with Crippen molar-refractivity contribution in [1.29, 1.82) is 0 Å². The van der Waals surface area contributed by atoms with Crippen molar-refractivity contribution in [3.05, 3.63) is 51.4 Å². The maximum absolute atomic E-state index is 12.9. The summed E-state index contributed by atoms with van der Waals surface area (Å²) in [6.45, 7) is 13.2. The first-order valence-corrected chi connectivity index (χ1v) is 11.7. The number of thiophene rings is 1. The smallest absolute Gasteiger partial charge is 0.341 e. The molecule has 1 N–H and O–H groups in total. The van der Waals surface area contributed by atoms with E-state index in [0.717, 1.165) is 24.8 Å². The lowest BCUT2D eigenvalue weighted by Gasteiger charge is -2.33. The van der Waals surface area contributed by atoms with Gasteiger partial charge in [-0.05, 0) is 66.7 Å². The van der Waals surface area contributed by atoms with Crippen LogP contribution in [0.1, 0.15) is 90.6 Å². The van der Waals surface area contributed by atoms with Crippen molar-refractivity contribution in [3.8, 4) is 0 Å². The molecule has 0 saturated heterocycles. The van der Waals surface area contributed by atoms with Gasteiger partial charge in [-0.25, -0.2) is 4.79 Å². The van der Waals surface area contributed by atoms with Gasteiger partial charge in [0.25, 0.3) is 5.91 Å². The molecule has 1 aliphatic carbocycles. The van der Waals surface area contributed by atoms with Gasteiger partial charge in [0.1, 0.15) is 5.00 Å². The lowest BCUT2D eigenvalue weighted by molar-refractivity contribution is 0.0526. The molecule has 1 aromatic carbocycles. The standard InChI is InChI=1S/C25H33NO3S/c1-7-29-24(28)21-19-13-12-18(25(4,5)6)14-20(19)30-23(21)26-22(27)17-10-8-16(9-11-17)15(2)3/h8-11,15,18H,7,12-14H2,1-6H3,(H,26,27). The van der Waals surface area contributed by atoms with E-state index in [9.17, 15) is 9.59 Å². The second kappa shape index (κ2) is 8.93. The summed E-state index contributed by atoms with van der Waals surface area (Å²) in [6, 6.07) is 7.66. The van der Waals surface area contributed by atoms with Gasteiger partial charge in [-0.2, -0.15) is 0 Å². The number of carbonyl (C=O) groups excluding carboxylic acids is 2. The Labute approximate surface area is 184 Å². The highest BCUT2D eigenvalue weighted by molar-refractivity contribution is 7.17. The van der Waals surface area contributed by atoms with Crippen molar-refractivity contribution in [2.24, 2.45) is 11.3 Å². The zero-order chi connectivity index (χ0) is 22.1. The van der Waals surface area contributed by atoms with Crippen LogP contribution in [0, 0.1) is 11.3 Å². The monoisotopic (exact) mass is 427 g/mol. The third-order valence-corrected chi connectivity index (χ3v) is 7.21. The van der Waals surface area contributed by atoms with Crippen LogP contribution in [0.2, 0.25) is 0 Å². The average molecular weight is 428 g/mol. The number of hydrogen-bond acceptors (Lipinski definition) is 4. The zero-order valence-electron chi connectivity index (χ0n) is 18.9. The van der Waals surface area contributed by atoms with Gasteiger partial charge in [0.05, 0.1) is 12.2 Å². The number of ether oxygens (including phenoxy) is 1. The molecule has 1 atom stereocenters. The van der Waals surface area contributed by atoms with E-state index in [1.807, 2.05) is 24.3 Å². The molecule has 0 saturated carbocycles. The largest absolute Gasteiger partial charge is 0.462 e. The first-order valence-electron chi connectivity index (χ1n) is 10.8. The van der Waals surface area contributed by atoms with Crippen molar-refractivity contribution in [1.82, 2.24) is 0 Å². The Balaban J connectivity index is 1.90. The minimum absolute atomic E-state index is 0.193. The second-order valence-corrected chi connectivity index (χ2v) is 10.6. The van der Waals surface area contributed by atoms with Crippen LogP contribution in [0.4, 0.5) is 5.00 Å². The van der Waals surface area contributed by atoms with E-state index in [0.29, 0.717) is 34.6 Å². The van der Waals surface area contributed by atoms with Crippen LogP contribution in [0.3, 0.4) is 0 Å². The lowest BCUT2D eigenvalue weighted by Crippen LogP contribution is -2.26. The fourth-order valence-electron chi connectivity index (χ4n) is 4.03. The SMILES string of the molecule is CCOC(=O)c1c(NC(=O)c2ccc(C(C)C)cc2)sc2c1CCC(C(C)(C)C)C2. The third kappa shape index (κ3) is 4.77. The molecule has 30 heavy (non-hydrogen) atoms. The Bertz CT molecular complexity index is 919. The summed E-state index contributed by atoms with van der Waals surface area (Å²) in [6.07, 6.45) is 2.83. The van der Waals surface area contributed by atoms with E-state index in [2.05, 4.69) is 39.9 Å². The number of benzene rings is 1. The highest BCUT2D eigenvalue weighted by atomic mass is 32.1. The van der Waals surface area contributed by atoms with Crippen molar-refractivity contribution < 1.29 is 14.3 Å². The molecule has 1 heterocycles. The predicted octanol–water partition coefficient (Wildman–Crippen LogP) is 6.45. The molecule has 162 valence electrons. The molecule has 4 nitrogen and oxygen atoms in total. The molecular formula is C25H33NO3S. The minimum Gasteiger partial charge on any atom is -0.462 e. The topological polar surface area (TPSA) is 55.4 Å². The van der Waals surface area contributed by atoms with E-state index >= 15 is 0 Å². The molecule has 2 aromatic rings. The van der Waals surface area contributed by atoms with E-state index in [-0.39, 0.29) is 17.3 Å². The quantitative estimate of drug-likeness (QED) is 0.558. The number of nitrogens with one attached hydrogen (secondary N) is 1. The molecule has 1 unspecified atom stereocenters. The summed E-state index contributed by atoms with van der Waals surface area (Å²) >= 11 is 1.53. The van der Waals surface area contributed by atoms with Crippen molar-refractivity contribution in [2.45, 2.75) is 66.7 Å². The van der Waals surface area contributed by atoms with Gasteiger partial charge in [-0.15, -0.1) is 11.3 Å². The van der Waals surface area contributed by atoms with Crippen LogP contribution in [0.15, 0.2) is 24.3 Å². The van der Waals surface area contributed by atoms with Gasteiger partial charge in [-0.3, -0.25) is 4.79 Å². The Morgan fingerprint density at radius 2 is 1.87 bits per heavy atom. The maximum atomic E-state index is 12.9. The van der Waals surface area contributed by atoms with Crippen LogP contribution in [0.25, 0.3) is 0 Å². The summed E-state index contributed by atoms with van der Waals surface area (Å²) in [7, 11) is 0. The summed E-state index contributed by atoms with van der Waals surface area (Å²) < 4.78 is 5.33. The zero-order valence-corrected chi connectivity index (χ0v) is 19.7. The van der Waals surface area contributed by atoms with Gasteiger partial charge >= 0.3 is 5.97 Å². The Kier molecular flexibility index (Phi) is 6.71. The molecule has 5 heteroatoms. The van der Waals surface area contributed by atoms with Gasteiger partial charge in [0, 0.05) is 10.4 Å². The van der Waals surface area contributed by atoms with Gasteiger partial charge < -0.3 is 10.1 Å². The summed E-state index contributed by atoms with van der Waals surface area (Å²) in [5.41, 5.74) is 3.61. The van der Waals surface area contributed by atoms with E-state index in [1.165, 1.54) is 21.8 Å². The lowest BCUT2D eigenvalue weighted by atomic mass is 9.72. The molecule has 0 fully saturated rings. The van der Waals surface area contributed by atoms with Gasteiger partial charge in [0.2, 0.25) is 0 Å². The van der Waals surface area contributed by atoms with Crippen LogP contribution in [-0.4, -0.2) is 18.5 Å². The predicted molar refractivity (Wildman–Crippen MR) is 124 cm³/mol. The Morgan fingerprint density at radius 1 is 1.20 bits per heavy atom. The highest BCUT2D eigenvalue weighted by Crippen LogP contribution is 2.44. The molecule has 1 amide bonds. The first kappa shape index (κ1) is 22.5. The van der Waals surface area contributed by atoms with E-state index in [1.54, 1.807) is 6.92 Å². The summed E-state index contributed by atoms with van der Waals surface area (Å²) in [5.74, 6) is 0.444. The van der Waals surface area contributed by atoms with Crippen molar-refractivity contribution in [3.63, 3.8) is 0 Å². The van der Waals surface area contributed by atoms with Crippen LogP contribution >= 0.6 is 11.3 Å².